The Morgan fingerprint density at radius 3 is 1.84 bits per heavy atom. The second-order valence-electron chi connectivity index (χ2n) is 6.92. The first kappa shape index (κ1) is 21.2. The summed E-state index contributed by atoms with van der Waals surface area (Å²) in [6.07, 6.45) is 0. The predicted octanol–water partition coefficient (Wildman–Crippen LogP) is 7.24. The Bertz CT molecular complexity index is 1270. The molecule has 0 atom stereocenters. The molecule has 4 aromatic rings. The zero-order valence-electron chi connectivity index (χ0n) is 16.9. The Hall–Kier alpha value is -4.09. The smallest absolute Gasteiger partial charge is 0.256 e. The van der Waals surface area contributed by atoms with Crippen LogP contribution in [0.15, 0.2) is 113 Å². The molecule has 0 heterocycles. The molecule has 156 valence electrons. The fourth-order valence-electron chi connectivity index (χ4n) is 3.06. The van der Waals surface area contributed by atoms with Crippen LogP contribution in [-0.2, 0) is 0 Å². The number of anilines is 1. The average molecular weight is 440 g/mol. The van der Waals surface area contributed by atoms with Gasteiger partial charge in [-0.05, 0) is 66.7 Å². The van der Waals surface area contributed by atoms with Crippen LogP contribution in [0.3, 0.4) is 0 Å². The van der Waals surface area contributed by atoms with Gasteiger partial charge in [-0.3, -0.25) is 9.59 Å². The number of halogens is 1. The normalized spacial score (nSPS) is 10.8. The number of carbonyl (C=O) groups excluding carboxylic acids is 2. The number of rotatable bonds is 6. The highest BCUT2D eigenvalue weighted by molar-refractivity contribution is 6.30. The van der Waals surface area contributed by atoms with Crippen LogP contribution in [0.1, 0.15) is 26.3 Å². The number of nitrogens with zero attached hydrogens (tertiary/aromatic N) is 2. The first-order valence-electron chi connectivity index (χ1n) is 9.88. The first-order valence-corrected chi connectivity index (χ1v) is 10.3. The van der Waals surface area contributed by atoms with Crippen LogP contribution in [-0.4, -0.2) is 11.7 Å². The van der Waals surface area contributed by atoms with Crippen molar-refractivity contribution in [2.75, 3.05) is 5.32 Å². The van der Waals surface area contributed by atoms with E-state index in [-0.39, 0.29) is 11.7 Å². The van der Waals surface area contributed by atoms with Crippen molar-refractivity contribution in [1.82, 2.24) is 0 Å². The van der Waals surface area contributed by atoms with Gasteiger partial charge in [0.1, 0.15) is 0 Å². The summed E-state index contributed by atoms with van der Waals surface area (Å²) >= 11 is 5.91. The molecule has 0 aliphatic heterocycles. The summed E-state index contributed by atoms with van der Waals surface area (Å²) in [5, 5.41) is 11.7. The van der Waals surface area contributed by atoms with E-state index in [2.05, 4.69) is 15.5 Å². The maximum Gasteiger partial charge on any atom is 0.256 e. The van der Waals surface area contributed by atoms with Crippen LogP contribution in [0.4, 0.5) is 17.1 Å². The van der Waals surface area contributed by atoms with E-state index in [0.717, 1.165) is 5.69 Å². The van der Waals surface area contributed by atoms with Crippen LogP contribution in [0.2, 0.25) is 5.02 Å². The molecule has 0 fully saturated rings. The molecule has 0 aliphatic rings. The topological polar surface area (TPSA) is 70.9 Å². The lowest BCUT2D eigenvalue weighted by molar-refractivity contribution is 0.0996. The number of azo groups is 1. The maximum absolute atomic E-state index is 12.9. The lowest BCUT2D eigenvalue weighted by Crippen LogP contribution is -2.16. The zero-order valence-corrected chi connectivity index (χ0v) is 17.7. The minimum absolute atomic E-state index is 0.246. The third kappa shape index (κ3) is 5.14. The summed E-state index contributed by atoms with van der Waals surface area (Å²) in [7, 11) is 0. The molecule has 0 bridgehead atoms. The SMILES string of the molecule is O=C(Nc1ccc(N=Nc2ccccc2)cc1)c1ccccc1C(=O)c1ccc(Cl)cc1. The van der Waals surface area contributed by atoms with Crippen LogP contribution in [0.25, 0.3) is 0 Å². The first-order chi connectivity index (χ1) is 15.6. The second kappa shape index (κ2) is 9.81. The number of nitrogens with one attached hydrogen (secondary N) is 1. The Morgan fingerprint density at radius 2 is 1.19 bits per heavy atom. The zero-order chi connectivity index (χ0) is 22.3. The molecule has 4 rings (SSSR count). The van der Waals surface area contributed by atoms with Gasteiger partial charge in [-0.15, -0.1) is 0 Å². The van der Waals surface area contributed by atoms with E-state index in [9.17, 15) is 9.59 Å². The summed E-state index contributed by atoms with van der Waals surface area (Å²) in [6.45, 7) is 0. The summed E-state index contributed by atoms with van der Waals surface area (Å²) in [4.78, 5) is 25.8. The lowest BCUT2D eigenvalue weighted by atomic mass is 9.98. The van der Waals surface area contributed by atoms with Crippen molar-refractivity contribution in [1.29, 1.82) is 0 Å². The second-order valence-corrected chi connectivity index (χ2v) is 7.35. The van der Waals surface area contributed by atoms with E-state index >= 15 is 0 Å². The van der Waals surface area contributed by atoms with Gasteiger partial charge >= 0.3 is 0 Å². The van der Waals surface area contributed by atoms with E-state index in [4.69, 9.17) is 11.6 Å². The number of hydrogen-bond acceptors (Lipinski definition) is 4. The molecule has 1 N–H and O–H groups in total. The van der Waals surface area contributed by atoms with Gasteiger partial charge in [0, 0.05) is 21.8 Å². The Balaban J connectivity index is 1.49. The van der Waals surface area contributed by atoms with Crippen LogP contribution >= 0.6 is 11.6 Å². The van der Waals surface area contributed by atoms with Gasteiger partial charge in [-0.25, -0.2) is 0 Å². The third-order valence-electron chi connectivity index (χ3n) is 4.69. The largest absolute Gasteiger partial charge is 0.322 e. The molecule has 1 amide bonds. The van der Waals surface area contributed by atoms with E-state index < -0.39 is 0 Å². The van der Waals surface area contributed by atoms with E-state index in [1.807, 2.05) is 30.3 Å². The Labute approximate surface area is 190 Å². The molecule has 0 saturated heterocycles. The molecule has 0 radical (unpaired) electrons. The van der Waals surface area contributed by atoms with Crippen LogP contribution in [0, 0.1) is 0 Å². The molecule has 4 aromatic carbocycles. The molecular weight excluding hydrogens is 422 g/mol. The third-order valence-corrected chi connectivity index (χ3v) is 4.94. The lowest BCUT2D eigenvalue weighted by Gasteiger charge is -2.10. The molecule has 0 spiro atoms. The molecule has 0 aromatic heterocycles. The quantitative estimate of drug-likeness (QED) is 0.254. The van der Waals surface area contributed by atoms with Crippen molar-refractivity contribution in [2.45, 2.75) is 0 Å². The highest BCUT2D eigenvalue weighted by Crippen LogP contribution is 2.22. The van der Waals surface area contributed by atoms with Gasteiger partial charge in [0.25, 0.3) is 5.91 Å². The molecule has 6 heteroatoms. The summed E-state index contributed by atoms with van der Waals surface area (Å²) in [5.41, 5.74) is 3.07. The van der Waals surface area contributed by atoms with Crippen LogP contribution in [0.5, 0.6) is 0 Å². The van der Waals surface area contributed by atoms with Crippen molar-refractivity contribution in [3.8, 4) is 0 Å². The van der Waals surface area contributed by atoms with Crippen molar-refractivity contribution in [2.24, 2.45) is 10.2 Å². The summed E-state index contributed by atoms with van der Waals surface area (Å²) in [5.74, 6) is -0.620. The van der Waals surface area contributed by atoms with Gasteiger partial charge in [0.2, 0.25) is 0 Å². The number of carbonyl (C=O) groups is 2. The number of ketones is 1. The van der Waals surface area contributed by atoms with Crippen molar-refractivity contribution < 1.29 is 9.59 Å². The van der Waals surface area contributed by atoms with Crippen molar-refractivity contribution >= 4 is 40.4 Å². The van der Waals surface area contributed by atoms with Gasteiger partial charge in [-0.1, -0.05) is 48.0 Å². The summed E-state index contributed by atoms with van der Waals surface area (Å²) in [6, 6.07) is 29.7. The molecule has 0 saturated carbocycles. The minimum atomic E-state index is -0.374. The Kier molecular flexibility index (Phi) is 6.49. The highest BCUT2D eigenvalue weighted by Gasteiger charge is 2.18. The monoisotopic (exact) mass is 439 g/mol. The van der Waals surface area contributed by atoms with Crippen molar-refractivity contribution in [3.63, 3.8) is 0 Å². The molecule has 0 aliphatic carbocycles. The van der Waals surface area contributed by atoms with E-state index in [0.29, 0.717) is 33.1 Å². The van der Waals surface area contributed by atoms with Crippen LogP contribution < -0.4 is 5.32 Å². The summed E-state index contributed by atoms with van der Waals surface area (Å²) < 4.78 is 0. The molecule has 32 heavy (non-hydrogen) atoms. The fourth-order valence-corrected chi connectivity index (χ4v) is 3.18. The van der Waals surface area contributed by atoms with Crippen molar-refractivity contribution in [3.05, 3.63) is 125 Å². The Morgan fingerprint density at radius 1 is 0.625 bits per heavy atom. The fraction of sp³-hybridized carbons (Fsp3) is 0. The number of hydrogen-bond donors (Lipinski definition) is 1. The van der Waals surface area contributed by atoms with E-state index in [1.54, 1.807) is 72.8 Å². The van der Waals surface area contributed by atoms with Gasteiger partial charge in [-0.2, -0.15) is 10.2 Å². The molecule has 0 unspecified atom stereocenters. The van der Waals surface area contributed by atoms with Gasteiger partial charge in [0.05, 0.1) is 16.9 Å². The van der Waals surface area contributed by atoms with Gasteiger partial charge < -0.3 is 5.32 Å². The molecular formula is C26H18ClN3O2. The number of amides is 1. The van der Waals surface area contributed by atoms with Gasteiger partial charge in [0.15, 0.2) is 5.78 Å². The standard InChI is InChI=1S/C26H18ClN3O2/c27-19-12-10-18(11-13-19)25(31)23-8-4-5-9-24(23)26(32)28-20-14-16-22(17-15-20)30-29-21-6-2-1-3-7-21/h1-17H,(H,28,32). The minimum Gasteiger partial charge on any atom is -0.322 e. The molecule has 5 nitrogen and oxygen atoms in total. The number of benzene rings is 4. The maximum atomic E-state index is 12.9. The highest BCUT2D eigenvalue weighted by atomic mass is 35.5. The van der Waals surface area contributed by atoms with E-state index in [1.165, 1.54) is 0 Å². The predicted molar refractivity (Wildman–Crippen MR) is 126 cm³/mol. The average Bonchev–Trinajstić information content (AvgIpc) is 2.84.